The minimum absolute atomic E-state index is 0.123. The van der Waals surface area contributed by atoms with Crippen LogP contribution in [0.4, 0.5) is 0 Å². The van der Waals surface area contributed by atoms with Crippen LogP contribution >= 0.6 is 0 Å². The Morgan fingerprint density at radius 2 is 2.25 bits per heavy atom. The lowest BCUT2D eigenvalue weighted by Gasteiger charge is -2.07. The van der Waals surface area contributed by atoms with Crippen LogP contribution in [-0.2, 0) is 11.3 Å². The standard InChI is InChI=1S/C10H15N3O3/c11-4-2-6-13-5-1-3-8(10(13)15)16-7-9(12)14/h1,3,5H,2,4,6-7,11H2,(H2,12,14). The smallest absolute Gasteiger partial charge is 0.292 e. The van der Waals surface area contributed by atoms with Crippen molar-refractivity contribution >= 4 is 5.91 Å². The highest BCUT2D eigenvalue weighted by atomic mass is 16.5. The molecule has 0 aliphatic heterocycles. The average Bonchev–Trinajstić information content (AvgIpc) is 2.26. The van der Waals surface area contributed by atoms with Gasteiger partial charge >= 0.3 is 0 Å². The third-order valence-corrected chi connectivity index (χ3v) is 1.96. The number of rotatable bonds is 6. The minimum atomic E-state index is -0.614. The molecule has 4 N–H and O–H groups in total. The maximum atomic E-state index is 11.7. The summed E-state index contributed by atoms with van der Waals surface area (Å²) in [5, 5.41) is 0. The van der Waals surface area contributed by atoms with Crippen molar-refractivity contribution in [1.82, 2.24) is 4.57 Å². The van der Waals surface area contributed by atoms with E-state index in [0.717, 1.165) is 0 Å². The quantitative estimate of drug-likeness (QED) is 0.652. The molecule has 1 rings (SSSR count). The first kappa shape index (κ1) is 12.3. The van der Waals surface area contributed by atoms with Crippen molar-refractivity contribution in [3.8, 4) is 5.75 Å². The van der Waals surface area contributed by atoms with Crippen LogP contribution in [0.1, 0.15) is 6.42 Å². The third-order valence-electron chi connectivity index (χ3n) is 1.96. The number of amides is 1. The van der Waals surface area contributed by atoms with Crippen LogP contribution in [0.5, 0.6) is 5.75 Å². The molecule has 0 fully saturated rings. The van der Waals surface area contributed by atoms with Gasteiger partial charge in [0.1, 0.15) is 0 Å². The second-order valence-corrected chi connectivity index (χ2v) is 3.27. The summed E-state index contributed by atoms with van der Waals surface area (Å²) in [6.07, 6.45) is 2.36. The first-order chi connectivity index (χ1) is 7.65. The zero-order valence-corrected chi connectivity index (χ0v) is 8.89. The Balaban J connectivity index is 2.78. The van der Waals surface area contributed by atoms with E-state index in [1.54, 1.807) is 12.3 Å². The SMILES string of the molecule is NCCCn1cccc(OCC(N)=O)c1=O. The molecule has 0 bridgehead atoms. The molecule has 1 amide bonds. The molecular formula is C10H15N3O3. The fraction of sp³-hybridized carbons (Fsp3) is 0.400. The monoisotopic (exact) mass is 225 g/mol. The Morgan fingerprint density at radius 3 is 2.88 bits per heavy atom. The second-order valence-electron chi connectivity index (χ2n) is 3.27. The summed E-state index contributed by atoms with van der Waals surface area (Å²) in [5.74, 6) is -0.491. The van der Waals surface area contributed by atoms with Gasteiger partial charge in [-0.3, -0.25) is 9.59 Å². The van der Waals surface area contributed by atoms with Crippen LogP contribution in [0, 0.1) is 0 Å². The van der Waals surface area contributed by atoms with Gasteiger partial charge in [-0.2, -0.15) is 0 Å². The molecular weight excluding hydrogens is 210 g/mol. The number of hydrogen-bond acceptors (Lipinski definition) is 4. The predicted molar refractivity (Wildman–Crippen MR) is 59.1 cm³/mol. The Hall–Kier alpha value is -1.82. The number of carbonyl (C=O) groups excluding carboxylic acids is 1. The zero-order chi connectivity index (χ0) is 12.0. The number of primary amides is 1. The number of aromatic nitrogens is 1. The number of carbonyl (C=O) groups is 1. The van der Waals surface area contributed by atoms with Crippen molar-refractivity contribution in [2.24, 2.45) is 11.5 Å². The summed E-state index contributed by atoms with van der Waals surface area (Å²) in [5.41, 5.74) is 9.99. The van der Waals surface area contributed by atoms with Gasteiger partial charge < -0.3 is 20.8 Å². The summed E-state index contributed by atoms with van der Waals surface area (Å²) < 4.78 is 6.47. The Kier molecular flexibility index (Phi) is 4.53. The largest absolute Gasteiger partial charge is 0.478 e. The van der Waals surface area contributed by atoms with Gasteiger partial charge in [-0.15, -0.1) is 0 Å². The van der Waals surface area contributed by atoms with E-state index >= 15 is 0 Å². The van der Waals surface area contributed by atoms with Crippen LogP contribution in [-0.4, -0.2) is 23.6 Å². The van der Waals surface area contributed by atoms with Gasteiger partial charge in [-0.1, -0.05) is 0 Å². The number of aryl methyl sites for hydroxylation is 1. The first-order valence-electron chi connectivity index (χ1n) is 4.95. The number of ether oxygens (including phenoxy) is 1. The van der Waals surface area contributed by atoms with E-state index in [-0.39, 0.29) is 17.9 Å². The van der Waals surface area contributed by atoms with Crippen LogP contribution < -0.4 is 21.8 Å². The highest BCUT2D eigenvalue weighted by molar-refractivity contribution is 5.75. The molecule has 0 aliphatic rings. The summed E-state index contributed by atoms with van der Waals surface area (Å²) >= 11 is 0. The summed E-state index contributed by atoms with van der Waals surface area (Å²) in [6, 6.07) is 3.18. The molecule has 0 radical (unpaired) electrons. The van der Waals surface area contributed by atoms with Gasteiger partial charge in [0.2, 0.25) is 0 Å². The lowest BCUT2D eigenvalue weighted by atomic mass is 10.4. The second kappa shape index (κ2) is 5.92. The van der Waals surface area contributed by atoms with Gasteiger partial charge in [-0.05, 0) is 25.1 Å². The van der Waals surface area contributed by atoms with Crippen molar-refractivity contribution < 1.29 is 9.53 Å². The van der Waals surface area contributed by atoms with E-state index in [9.17, 15) is 9.59 Å². The van der Waals surface area contributed by atoms with Crippen molar-refractivity contribution in [3.63, 3.8) is 0 Å². The van der Waals surface area contributed by atoms with Gasteiger partial charge in [-0.25, -0.2) is 0 Å². The number of pyridine rings is 1. The predicted octanol–water partition coefficient (Wildman–Crippen LogP) is -0.939. The molecule has 0 aliphatic carbocycles. The number of nitrogens with zero attached hydrogens (tertiary/aromatic N) is 1. The Morgan fingerprint density at radius 1 is 1.50 bits per heavy atom. The molecule has 0 aromatic carbocycles. The summed E-state index contributed by atoms with van der Waals surface area (Å²) in [7, 11) is 0. The van der Waals surface area contributed by atoms with Crippen LogP contribution in [0.25, 0.3) is 0 Å². The highest BCUT2D eigenvalue weighted by Crippen LogP contribution is 2.01. The lowest BCUT2D eigenvalue weighted by Crippen LogP contribution is -2.26. The van der Waals surface area contributed by atoms with Crippen LogP contribution in [0.2, 0.25) is 0 Å². The molecule has 88 valence electrons. The van der Waals surface area contributed by atoms with Crippen molar-refractivity contribution in [2.75, 3.05) is 13.2 Å². The van der Waals surface area contributed by atoms with Crippen LogP contribution in [0.15, 0.2) is 23.1 Å². The molecule has 0 saturated heterocycles. The molecule has 1 aromatic rings. The Bertz CT molecular complexity index is 414. The molecule has 0 atom stereocenters. The van der Waals surface area contributed by atoms with E-state index in [0.29, 0.717) is 19.5 Å². The zero-order valence-electron chi connectivity index (χ0n) is 8.89. The molecule has 0 unspecified atom stereocenters. The van der Waals surface area contributed by atoms with Crippen molar-refractivity contribution in [3.05, 3.63) is 28.7 Å². The molecule has 16 heavy (non-hydrogen) atoms. The fourth-order valence-electron chi connectivity index (χ4n) is 1.21. The molecule has 0 saturated carbocycles. The van der Waals surface area contributed by atoms with Gasteiger partial charge in [0.05, 0.1) is 0 Å². The fourth-order valence-corrected chi connectivity index (χ4v) is 1.21. The maximum absolute atomic E-state index is 11.7. The first-order valence-corrected chi connectivity index (χ1v) is 4.95. The normalized spacial score (nSPS) is 10.1. The van der Waals surface area contributed by atoms with Gasteiger partial charge in [0.25, 0.3) is 11.5 Å². The van der Waals surface area contributed by atoms with E-state index in [1.807, 2.05) is 0 Å². The van der Waals surface area contributed by atoms with E-state index < -0.39 is 5.91 Å². The van der Waals surface area contributed by atoms with Crippen LogP contribution in [0.3, 0.4) is 0 Å². The number of nitrogens with two attached hydrogens (primary N) is 2. The van der Waals surface area contributed by atoms with Crippen molar-refractivity contribution in [1.29, 1.82) is 0 Å². The summed E-state index contributed by atoms with van der Waals surface area (Å²) in [4.78, 5) is 22.2. The molecule has 1 aromatic heterocycles. The molecule has 1 heterocycles. The van der Waals surface area contributed by atoms with E-state index in [1.165, 1.54) is 10.6 Å². The van der Waals surface area contributed by atoms with E-state index in [2.05, 4.69) is 0 Å². The third kappa shape index (κ3) is 3.39. The average molecular weight is 225 g/mol. The topological polar surface area (TPSA) is 100 Å². The number of hydrogen-bond donors (Lipinski definition) is 2. The van der Waals surface area contributed by atoms with E-state index in [4.69, 9.17) is 16.2 Å². The highest BCUT2D eigenvalue weighted by Gasteiger charge is 2.04. The van der Waals surface area contributed by atoms with Gasteiger partial charge in [0, 0.05) is 12.7 Å². The lowest BCUT2D eigenvalue weighted by molar-refractivity contribution is -0.119. The Labute approximate surface area is 92.8 Å². The molecule has 0 spiro atoms. The maximum Gasteiger partial charge on any atom is 0.292 e. The molecule has 6 nitrogen and oxygen atoms in total. The molecule has 6 heteroatoms. The van der Waals surface area contributed by atoms with Gasteiger partial charge in [0.15, 0.2) is 12.4 Å². The van der Waals surface area contributed by atoms with Crippen molar-refractivity contribution in [2.45, 2.75) is 13.0 Å². The minimum Gasteiger partial charge on any atom is -0.478 e. The summed E-state index contributed by atoms with van der Waals surface area (Å²) in [6.45, 7) is 0.748.